The molecule has 112 valence electrons. The fraction of sp³-hybridized carbons (Fsp3) is 0.438. The van der Waals surface area contributed by atoms with Crippen molar-refractivity contribution >= 4 is 11.9 Å². The molecule has 5 nitrogen and oxygen atoms in total. The van der Waals surface area contributed by atoms with Gasteiger partial charge in [0.15, 0.2) is 0 Å². The van der Waals surface area contributed by atoms with Crippen LogP contribution in [0.4, 0.5) is 0 Å². The summed E-state index contributed by atoms with van der Waals surface area (Å²) in [5.41, 5.74) is 0.763. The first-order valence-electron chi connectivity index (χ1n) is 6.74. The van der Waals surface area contributed by atoms with E-state index in [9.17, 15) is 14.7 Å². The van der Waals surface area contributed by atoms with Crippen LogP contribution in [-0.2, 0) is 4.79 Å². The quantitative estimate of drug-likeness (QED) is 0.870. The molecule has 0 bridgehead atoms. The third kappa shape index (κ3) is 5.65. The van der Waals surface area contributed by atoms with Crippen molar-refractivity contribution in [3.05, 3.63) is 35.4 Å². The molecule has 21 heavy (non-hydrogen) atoms. The van der Waals surface area contributed by atoms with Gasteiger partial charge in [-0.15, -0.1) is 0 Å². The normalized spacial score (nSPS) is 12.3. The van der Waals surface area contributed by atoms with Crippen molar-refractivity contribution in [2.75, 3.05) is 6.54 Å². The van der Waals surface area contributed by atoms with Crippen LogP contribution in [0.1, 0.15) is 43.1 Å². The Labute approximate surface area is 124 Å². The summed E-state index contributed by atoms with van der Waals surface area (Å²) in [7, 11) is 0. The molecule has 2 N–H and O–H groups in total. The molecule has 0 aromatic heterocycles. The third-order valence-electron chi connectivity index (χ3n) is 2.99. The largest absolute Gasteiger partial charge is 0.481 e. The zero-order chi connectivity index (χ0) is 16.0. The van der Waals surface area contributed by atoms with Crippen LogP contribution in [0.15, 0.2) is 24.3 Å². The van der Waals surface area contributed by atoms with Gasteiger partial charge in [-0.1, -0.05) is 20.8 Å². The van der Waals surface area contributed by atoms with Crippen molar-refractivity contribution in [3.8, 4) is 6.07 Å². The van der Waals surface area contributed by atoms with E-state index in [0.717, 1.165) is 0 Å². The second-order valence-corrected chi connectivity index (χ2v) is 6.20. The second kappa shape index (κ2) is 6.89. The predicted octanol–water partition coefficient (Wildman–Crippen LogP) is 2.43. The van der Waals surface area contributed by atoms with Crippen LogP contribution in [0, 0.1) is 22.7 Å². The summed E-state index contributed by atoms with van der Waals surface area (Å²) in [6, 6.07) is 8.18. The Morgan fingerprint density at radius 1 is 1.29 bits per heavy atom. The van der Waals surface area contributed by atoms with Gasteiger partial charge in [0.25, 0.3) is 5.91 Å². The first-order chi connectivity index (χ1) is 9.73. The zero-order valence-electron chi connectivity index (χ0n) is 12.5. The summed E-state index contributed by atoms with van der Waals surface area (Å²) in [5, 5.41) is 20.5. The SMILES string of the molecule is CC(C)(C)CC(CNC(=O)c1ccc(C#N)cc1)C(=O)O. The van der Waals surface area contributed by atoms with Gasteiger partial charge in [-0.25, -0.2) is 0 Å². The fourth-order valence-corrected chi connectivity index (χ4v) is 2.00. The number of hydrogen-bond acceptors (Lipinski definition) is 3. The molecule has 1 amide bonds. The number of amides is 1. The maximum absolute atomic E-state index is 12.0. The molecule has 0 saturated heterocycles. The predicted molar refractivity (Wildman–Crippen MR) is 78.7 cm³/mol. The highest BCUT2D eigenvalue weighted by Crippen LogP contribution is 2.24. The monoisotopic (exact) mass is 288 g/mol. The summed E-state index contributed by atoms with van der Waals surface area (Å²) in [6.45, 7) is 5.98. The van der Waals surface area contributed by atoms with E-state index in [-0.39, 0.29) is 17.9 Å². The molecule has 0 aliphatic heterocycles. The zero-order valence-corrected chi connectivity index (χ0v) is 12.5. The smallest absolute Gasteiger partial charge is 0.308 e. The first-order valence-corrected chi connectivity index (χ1v) is 6.74. The van der Waals surface area contributed by atoms with Crippen molar-refractivity contribution in [1.82, 2.24) is 5.32 Å². The van der Waals surface area contributed by atoms with Gasteiger partial charge < -0.3 is 10.4 Å². The van der Waals surface area contributed by atoms with E-state index in [2.05, 4.69) is 5.32 Å². The molecule has 5 heteroatoms. The molecule has 0 saturated carbocycles. The minimum atomic E-state index is -0.912. The number of rotatable bonds is 5. The number of carboxylic acids is 1. The minimum Gasteiger partial charge on any atom is -0.481 e. The first kappa shape index (κ1) is 16.7. The van der Waals surface area contributed by atoms with Gasteiger partial charge in [0.05, 0.1) is 17.6 Å². The molecule has 0 radical (unpaired) electrons. The van der Waals surface area contributed by atoms with E-state index in [1.54, 1.807) is 24.3 Å². The molecule has 0 aliphatic rings. The maximum Gasteiger partial charge on any atom is 0.308 e. The maximum atomic E-state index is 12.0. The van der Waals surface area contributed by atoms with E-state index in [1.807, 2.05) is 26.8 Å². The molecule has 0 spiro atoms. The van der Waals surface area contributed by atoms with Gasteiger partial charge in [-0.3, -0.25) is 9.59 Å². The summed E-state index contributed by atoms with van der Waals surface area (Å²) in [6.07, 6.45) is 0.482. The molecule has 1 aromatic carbocycles. The Bertz CT molecular complexity index is 550. The van der Waals surface area contributed by atoms with Crippen LogP contribution in [0.25, 0.3) is 0 Å². The lowest BCUT2D eigenvalue weighted by Gasteiger charge is -2.23. The van der Waals surface area contributed by atoms with Gasteiger partial charge in [-0.05, 0) is 36.1 Å². The Morgan fingerprint density at radius 3 is 2.29 bits per heavy atom. The lowest BCUT2D eigenvalue weighted by atomic mass is 9.84. The number of aliphatic carboxylic acids is 1. The number of carboxylic acid groups (broad SMARTS) is 1. The fourth-order valence-electron chi connectivity index (χ4n) is 2.00. The van der Waals surface area contributed by atoms with Gasteiger partial charge in [0, 0.05) is 12.1 Å². The highest BCUT2D eigenvalue weighted by molar-refractivity contribution is 5.94. The summed E-state index contributed by atoms with van der Waals surface area (Å²) in [4.78, 5) is 23.2. The van der Waals surface area contributed by atoms with Crippen molar-refractivity contribution in [1.29, 1.82) is 5.26 Å². The number of benzene rings is 1. The van der Waals surface area contributed by atoms with Crippen LogP contribution in [0.2, 0.25) is 0 Å². The molecule has 1 rings (SSSR count). The van der Waals surface area contributed by atoms with E-state index < -0.39 is 11.9 Å². The van der Waals surface area contributed by atoms with Crippen LogP contribution < -0.4 is 5.32 Å². The Morgan fingerprint density at radius 2 is 1.86 bits per heavy atom. The lowest BCUT2D eigenvalue weighted by Crippen LogP contribution is -2.35. The topological polar surface area (TPSA) is 90.2 Å². The van der Waals surface area contributed by atoms with Crippen molar-refractivity contribution < 1.29 is 14.7 Å². The number of nitriles is 1. The third-order valence-corrected chi connectivity index (χ3v) is 2.99. The summed E-state index contributed by atoms with van der Waals surface area (Å²) < 4.78 is 0. The Kier molecular flexibility index (Phi) is 5.48. The summed E-state index contributed by atoms with van der Waals surface area (Å²) >= 11 is 0. The van der Waals surface area contributed by atoms with Crippen LogP contribution in [-0.4, -0.2) is 23.5 Å². The van der Waals surface area contributed by atoms with E-state index in [4.69, 9.17) is 5.26 Å². The summed E-state index contributed by atoms with van der Waals surface area (Å²) in [5.74, 6) is -1.86. The van der Waals surface area contributed by atoms with E-state index in [0.29, 0.717) is 17.5 Å². The minimum absolute atomic E-state index is 0.0887. The number of hydrogen-bond donors (Lipinski definition) is 2. The molecule has 0 heterocycles. The average molecular weight is 288 g/mol. The Hall–Kier alpha value is -2.35. The van der Waals surface area contributed by atoms with Crippen molar-refractivity contribution in [3.63, 3.8) is 0 Å². The van der Waals surface area contributed by atoms with Crippen LogP contribution in [0.5, 0.6) is 0 Å². The van der Waals surface area contributed by atoms with Gasteiger partial charge in [-0.2, -0.15) is 5.26 Å². The average Bonchev–Trinajstić information content (AvgIpc) is 2.41. The molecular weight excluding hydrogens is 268 g/mol. The second-order valence-electron chi connectivity index (χ2n) is 6.20. The van der Waals surface area contributed by atoms with Crippen molar-refractivity contribution in [2.24, 2.45) is 11.3 Å². The Balaban J connectivity index is 2.65. The number of nitrogens with one attached hydrogen (secondary N) is 1. The lowest BCUT2D eigenvalue weighted by molar-refractivity contribution is -0.142. The number of carbonyl (C=O) groups excluding carboxylic acids is 1. The van der Waals surface area contributed by atoms with Crippen LogP contribution >= 0.6 is 0 Å². The van der Waals surface area contributed by atoms with Gasteiger partial charge in [0.1, 0.15) is 0 Å². The molecule has 1 aromatic rings. The van der Waals surface area contributed by atoms with Crippen LogP contribution in [0.3, 0.4) is 0 Å². The number of carbonyl (C=O) groups is 2. The van der Waals surface area contributed by atoms with E-state index >= 15 is 0 Å². The van der Waals surface area contributed by atoms with Gasteiger partial charge in [0.2, 0.25) is 0 Å². The molecule has 1 unspecified atom stereocenters. The standard InChI is InChI=1S/C16H20N2O3/c1-16(2,3)8-13(15(20)21)10-18-14(19)12-6-4-11(9-17)5-7-12/h4-7,13H,8,10H2,1-3H3,(H,18,19)(H,20,21). The van der Waals surface area contributed by atoms with Crippen molar-refractivity contribution in [2.45, 2.75) is 27.2 Å². The van der Waals surface area contributed by atoms with E-state index in [1.165, 1.54) is 0 Å². The molecular formula is C16H20N2O3. The molecule has 1 atom stereocenters. The highest BCUT2D eigenvalue weighted by Gasteiger charge is 2.25. The highest BCUT2D eigenvalue weighted by atomic mass is 16.4. The molecule has 0 aliphatic carbocycles. The number of nitrogens with zero attached hydrogens (tertiary/aromatic N) is 1. The van der Waals surface area contributed by atoms with Gasteiger partial charge >= 0.3 is 5.97 Å². The molecule has 0 fully saturated rings.